The average Bonchev–Trinajstić information content (AvgIpc) is 3.32. The molecule has 6 heteroatoms. The SMILES string of the molecule is CCc1ccc(N2C(=O)C(=O)/C(=C(/O)c3ccc(F)c(C)c3)C2c2c(C)[nH]c3ccccc23)cc1. The van der Waals surface area contributed by atoms with E-state index in [1.165, 1.54) is 23.1 Å². The molecule has 4 aromatic rings. The first-order valence-electron chi connectivity index (χ1n) is 11.6. The summed E-state index contributed by atoms with van der Waals surface area (Å²) in [7, 11) is 0. The molecule has 1 aliphatic rings. The van der Waals surface area contributed by atoms with Gasteiger partial charge in [0.05, 0.1) is 11.6 Å². The maximum absolute atomic E-state index is 13.9. The molecule has 1 aromatic heterocycles. The fourth-order valence-electron chi connectivity index (χ4n) is 4.86. The molecular weight excluding hydrogens is 443 g/mol. The van der Waals surface area contributed by atoms with E-state index < -0.39 is 23.5 Å². The summed E-state index contributed by atoms with van der Waals surface area (Å²) in [4.78, 5) is 31.7. The minimum Gasteiger partial charge on any atom is -0.507 e. The third-order valence-electron chi connectivity index (χ3n) is 6.72. The number of Topliss-reactive ketones (excluding diaryl/α,β-unsaturated/α-hetero) is 1. The maximum atomic E-state index is 13.9. The van der Waals surface area contributed by atoms with Gasteiger partial charge < -0.3 is 10.1 Å². The Morgan fingerprint density at radius 3 is 2.43 bits per heavy atom. The Labute approximate surface area is 202 Å². The molecular formula is C29H25FN2O3. The number of anilines is 1. The number of halogens is 1. The molecule has 3 aromatic carbocycles. The van der Waals surface area contributed by atoms with Crippen LogP contribution in [0.3, 0.4) is 0 Å². The number of ketones is 1. The van der Waals surface area contributed by atoms with Crippen molar-refractivity contribution in [1.82, 2.24) is 4.98 Å². The van der Waals surface area contributed by atoms with Crippen molar-refractivity contribution < 1.29 is 19.1 Å². The highest BCUT2D eigenvalue weighted by atomic mass is 19.1. The predicted molar refractivity (Wildman–Crippen MR) is 135 cm³/mol. The zero-order chi connectivity index (χ0) is 24.9. The molecule has 0 aliphatic carbocycles. The van der Waals surface area contributed by atoms with Gasteiger partial charge in [0.25, 0.3) is 11.7 Å². The standard InChI is InChI=1S/C29H25FN2O3/c1-4-18-9-12-20(13-10-18)32-26(24-17(3)31-23-8-6-5-7-21(23)24)25(28(34)29(32)35)27(33)19-11-14-22(30)16(2)15-19/h5-15,26,31,33H,4H2,1-3H3/b27-25+. The third kappa shape index (κ3) is 3.62. The van der Waals surface area contributed by atoms with E-state index in [0.29, 0.717) is 11.3 Å². The molecule has 0 radical (unpaired) electrons. The Morgan fingerprint density at radius 2 is 1.74 bits per heavy atom. The summed E-state index contributed by atoms with van der Waals surface area (Å²) < 4.78 is 13.9. The number of nitrogens with one attached hydrogen (secondary N) is 1. The number of fused-ring (bicyclic) bond motifs is 1. The van der Waals surface area contributed by atoms with Crippen molar-refractivity contribution >= 4 is 34.0 Å². The first-order valence-corrected chi connectivity index (χ1v) is 11.6. The van der Waals surface area contributed by atoms with Gasteiger partial charge in [-0.25, -0.2) is 4.39 Å². The number of hydrogen-bond donors (Lipinski definition) is 2. The van der Waals surface area contributed by atoms with Gasteiger partial charge in [0.15, 0.2) is 0 Å². The molecule has 0 saturated carbocycles. The van der Waals surface area contributed by atoms with Gasteiger partial charge in [0.1, 0.15) is 11.6 Å². The summed E-state index contributed by atoms with van der Waals surface area (Å²) >= 11 is 0. The number of aliphatic hydroxyl groups excluding tert-OH is 1. The largest absolute Gasteiger partial charge is 0.507 e. The molecule has 1 atom stereocenters. The molecule has 0 spiro atoms. The molecule has 1 unspecified atom stereocenters. The van der Waals surface area contributed by atoms with Gasteiger partial charge in [-0.15, -0.1) is 0 Å². The summed E-state index contributed by atoms with van der Waals surface area (Å²) in [5.74, 6) is -2.24. The third-order valence-corrected chi connectivity index (χ3v) is 6.72. The van der Waals surface area contributed by atoms with Crippen LogP contribution in [0, 0.1) is 19.7 Å². The van der Waals surface area contributed by atoms with Crippen LogP contribution in [-0.2, 0) is 16.0 Å². The lowest BCUT2D eigenvalue weighted by atomic mass is 9.92. The van der Waals surface area contributed by atoms with Crippen molar-refractivity contribution in [2.75, 3.05) is 4.90 Å². The molecule has 5 nitrogen and oxygen atoms in total. The smallest absolute Gasteiger partial charge is 0.300 e. The highest BCUT2D eigenvalue weighted by Gasteiger charge is 2.48. The molecule has 176 valence electrons. The van der Waals surface area contributed by atoms with E-state index in [2.05, 4.69) is 4.98 Å². The van der Waals surface area contributed by atoms with E-state index in [4.69, 9.17) is 0 Å². The predicted octanol–water partition coefficient (Wildman–Crippen LogP) is 6.11. The Hall–Kier alpha value is -4.19. The van der Waals surface area contributed by atoms with Gasteiger partial charge in [-0.1, -0.05) is 37.3 Å². The van der Waals surface area contributed by atoms with Gasteiger partial charge in [-0.2, -0.15) is 0 Å². The summed E-state index contributed by atoms with van der Waals surface area (Å²) in [5.41, 5.74) is 4.65. The number of H-pyrrole nitrogens is 1. The van der Waals surface area contributed by atoms with Gasteiger partial charge >= 0.3 is 0 Å². The topological polar surface area (TPSA) is 73.4 Å². The Morgan fingerprint density at radius 1 is 1.03 bits per heavy atom. The normalized spacial score (nSPS) is 17.5. The van der Waals surface area contributed by atoms with E-state index in [0.717, 1.165) is 34.1 Å². The van der Waals surface area contributed by atoms with Crippen molar-refractivity contribution in [1.29, 1.82) is 0 Å². The summed E-state index contributed by atoms with van der Waals surface area (Å²) in [6, 6.07) is 18.4. The second-order valence-corrected chi connectivity index (χ2v) is 8.86. The minimum absolute atomic E-state index is 0.0200. The molecule has 0 bridgehead atoms. The quantitative estimate of drug-likeness (QED) is 0.216. The van der Waals surface area contributed by atoms with E-state index in [-0.39, 0.29) is 16.9 Å². The lowest BCUT2D eigenvalue weighted by molar-refractivity contribution is -0.132. The molecule has 2 heterocycles. The number of carbonyl (C=O) groups excluding carboxylic acids is 2. The van der Waals surface area contributed by atoms with E-state index >= 15 is 0 Å². The van der Waals surface area contributed by atoms with Gasteiger partial charge in [0.2, 0.25) is 0 Å². The number of rotatable bonds is 4. The second kappa shape index (κ2) is 8.55. The first kappa shape index (κ1) is 22.6. The number of aromatic amines is 1. The summed E-state index contributed by atoms with van der Waals surface area (Å²) in [5, 5.41) is 12.2. The molecule has 1 aliphatic heterocycles. The van der Waals surface area contributed by atoms with Crippen molar-refractivity contribution in [3.8, 4) is 0 Å². The summed E-state index contributed by atoms with van der Waals surface area (Å²) in [6.45, 7) is 5.51. The number of carbonyl (C=O) groups is 2. The Kier molecular flexibility index (Phi) is 5.52. The average molecular weight is 469 g/mol. The zero-order valence-corrected chi connectivity index (χ0v) is 19.7. The van der Waals surface area contributed by atoms with Crippen LogP contribution >= 0.6 is 0 Å². The van der Waals surface area contributed by atoms with Crippen molar-refractivity contribution in [2.24, 2.45) is 0 Å². The van der Waals surface area contributed by atoms with E-state index in [9.17, 15) is 19.1 Å². The first-order chi connectivity index (χ1) is 16.8. The lowest BCUT2D eigenvalue weighted by Crippen LogP contribution is -2.29. The molecule has 1 fully saturated rings. The molecule has 1 saturated heterocycles. The van der Waals surface area contributed by atoms with Gasteiger partial charge in [-0.05, 0) is 67.8 Å². The van der Waals surface area contributed by atoms with Crippen molar-refractivity contribution in [2.45, 2.75) is 33.2 Å². The van der Waals surface area contributed by atoms with E-state index in [1.54, 1.807) is 6.92 Å². The zero-order valence-electron chi connectivity index (χ0n) is 19.7. The molecule has 2 N–H and O–H groups in total. The molecule has 5 rings (SSSR count). The maximum Gasteiger partial charge on any atom is 0.300 e. The van der Waals surface area contributed by atoms with Gasteiger partial charge in [0, 0.05) is 33.4 Å². The fourth-order valence-corrected chi connectivity index (χ4v) is 4.86. The van der Waals surface area contributed by atoms with E-state index in [1.807, 2.05) is 62.4 Å². The highest BCUT2D eigenvalue weighted by molar-refractivity contribution is 6.52. The number of aliphatic hydroxyl groups is 1. The second-order valence-electron chi connectivity index (χ2n) is 8.86. The molecule has 1 amide bonds. The van der Waals surface area contributed by atoms with Crippen molar-refractivity contribution in [3.05, 3.63) is 106 Å². The number of para-hydroxylation sites is 1. The Bertz CT molecular complexity index is 1510. The minimum atomic E-state index is -0.857. The number of aryl methyl sites for hydroxylation is 3. The number of benzene rings is 3. The van der Waals surface area contributed by atoms with Crippen molar-refractivity contribution in [3.63, 3.8) is 0 Å². The number of amides is 1. The van der Waals surface area contributed by atoms with Crippen LogP contribution in [0.4, 0.5) is 10.1 Å². The molecule has 35 heavy (non-hydrogen) atoms. The summed E-state index contributed by atoms with van der Waals surface area (Å²) in [6.07, 6.45) is 0.841. The fraction of sp³-hybridized carbons (Fsp3) is 0.172. The van der Waals surface area contributed by atoms with Crippen LogP contribution < -0.4 is 4.90 Å². The number of aromatic nitrogens is 1. The van der Waals surface area contributed by atoms with Crippen LogP contribution in [0.2, 0.25) is 0 Å². The highest BCUT2D eigenvalue weighted by Crippen LogP contribution is 2.45. The van der Waals surface area contributed by atoms with Crippen LogP contribution in [-0.4, -0.2) is 21.8 Å². The Balaban J connectivity index is 1.80. The van der Waals surface area contributed by atoms with Crippen LogP contribution in [0.25, 0.3) is 16.7 Å². The van der Waals surface area contributed by atoms with Crippen LogP contribution in [0.5, 0.6) is 0 Å². The number of hydrogen-bond acceptors (Lipinski definition) is 3. The monoisotopic (exact) mass is 468 g/mol. The lowest BCUT2D eigenvalue weighted by Gasteiger charge is -2.26. The van der Waals surface area contributed by atoms with Crippen LogP contribution in [0.1, 0.15) is 40.9 Å². The van der Waals surface area contributed by atoms with Gasteiger partial charge in [-0.3, -0.25) is 14.5 Å². The van der Waals surface area contributed by atoms with Crippen LogP contribution in [0.15, 0.2) is 72.3 Å². The number of nitrogens with zero attached hydrogens (tertiary/aromatic N) is 1.